The number of ether oxygens (including phenoxy) is 1. The molecule has 2 heteroatoms. The van der Waals surface area contributed by atoms with Gasteiger partial charge in [0.25, 0.3) is 0 Å². The van der Waals surface area contributed by atoms with E-state index in [0.29, 0.717) is 6.23 Å². The van der Waals surface area contributed by atoms with E-state index in [2.05, 4.69) is 18.7 Å². The zero-order valence-corrected chi connectivity index (χ0v) is 7.68. The quantitative estimate of drug-likeness (QED) is 0.617. The van der Waals surface area contributed by atoms with E-state index >= 15 is 0 Å². The lowest BCUT2D eigenvalue weighted by molar-refractivity contribution is 0.0281. The molecule has 0 saturated carbocycles. The Morgan fingerprint density at radius 2 is 2.27 bits per heavy atom. The fourth-order valence-electron chi connectivity index (χ4n) is 1.56. The Morgan fingerprint density at radius 3 is 2.91 bits per heavy atom. The molecular formula is C9H19NO. The Balaban J connectivity index is 2.20. The van der Waals surface area contributed by atoms with Crippen molar-refractivity contribution >= 4 is 0 Å². The largest absolute Gasteiger partial charge is 0.362 e. The van der Waals surface area contributed by atoms with Crippen molar-refractivity contribution in [1.82, 2.24) is 4.90 Å². The van der Waals surface area contributed by atoms with Crippen LogP contribution in [-0.4, -0.2) is 30.8 Å². The molecule has 1 heterocycles. The Kier molecular flexibility index (Phi) is 3.87. The van der Waals surface area contributed by atoms with E-state index in [1.807, 2.05) is 0 Å². The molecule has 0 radical (unpaired) electrons. The minimum absolute atomic E-state index is 0.431. The average molecular weight is 157 g/mol. The predicted molar refractivity (Wildman–Crippen MR) is 46.5 cm³/mol. The number of hydrogen-bond donors (Lipinski definition) is 0. The van der Waals surface area contributed by atoms with Gasteiger partial charge in [-0.2, -0.15) is 0 Å². The van der Waals surface area contributed by atoms with Crippen molar-refractivity contribution in [2.75, 3.05) is 19.7 Å². The highest BCUT2D eigenvalue weighted by Crippen LogP contribution is 2.14. The van der Waals surface area contributed by atoms with Crippen LogP contribution in [0.2, 0.25) is 0 Å². The molecule has 0 aromatic heterocycles. The van der Waals surface area contributed by atoms with Gasteiger partial charge >= 0.3 is 0 Å². The van der Waals surface area contributed by atoms with Gasteiger partial charge in [0.15, 0.2) is 0 Å². The Bertz CT molecular complexity index is 106. The van der Waals surface area contributed by atoms with E-state index < -0.39 is 0 Å². The molecule has 0 N–H and O–H groups in total. The number of unbranched alkanes of at least 4 members (excludes halogenated alkanes) is 1. The molecule has 11 heavy (non-hydrogen) atoms. The first-order valence-corrected chi connectivity index (χ1v) is 4.74. The zero-order valence-electron chi connectivity index (χ0n) is 7.68. The van der Waals surface area contributed by atoms with Crippen LogP contribution in [0.5, 0.6) is 0 Å². The molecule has 0 aromatic carbocycles. The summed E-state index contributed by atoms with van der Waals surface area (Å²) >= 11 is 0. The summed E-state index contributed by atoms with van der Waals surface area (Å²) < 4.78 is 5.58. The monoisotopic (exact) mass is 157 g/mol. The summed E-state index contributed by atoms with van der Waals surface area (Å²) in [5.74, 6) is 0. The van der Waals surface area contributed by atoms with Crippen molar-refractivity contribution in [3.63, 3.8) is 0 Å². The molecule has 0 aromatic rings. The zero-order chi connectivity index (χ0) is 8.10. The minimum atomic E-state index is 0.431. The lowest BCUT2D eigenvalue weighted by Gasteiger charge is -2.20. The highest BCUT2D eigenvalue weighted by molar-refractivity contribution is 4.67. The molecule has 0 bridgehead atoms. The van der Waals surface area contributed by atoms with Gasteiger partial charge in [0.1, 0.15) is 6.23 Å². The SMILES string of the molecule is CCCCC1OCCN1CC. The first-order valence-electron chi connectivity index (χ1n) is 4.74. The Morgan fingerprint density at radius 1 is 1.45 bits per heavy atom. The summed E-state index contributed by atoms with van der Waals surface area (Å²) in [5.41, 5.74) is 0. The van der Waals surface area contributed by atoms with Crippen molar-refractivity contribution in [2.45, 2.75) is 39.3 Å². The number of nitrogens with zero attached hydrogens (tertiary/aromatic N) is 1. The van der Waals surface area contributed by atoms with Crippen LogP contribution in [0.1, 0.15) is 33.1 Å². The van der Waals surface area contributed by atoms with Gasteiger partial charge in [-0.25, -0.2) is 0 Å². The summed E-state index contributed by atoms with van der Waals surface area (Å²) in [5, 5.41) is 0. The molecule has 1 saturated heterocycles. The smallest absolute Gasteiger partial charge is 0.110 e. The van der Waals surface area contributed by atoms with Gasteiger partial charge in [-0.1, -0.05) is 20.3 Å². The molecule has 1 aliphatic rings. The lowest BCUT2D eigenvalue weighted by Crippen LogP contribution is -2.29. The van der Waals surface area contributed by atoms with Crippen LogP contribution < -0.4 is 0 Å². The van der Waals surface area contributed by atoms with Gasteiger partial charge in [0.2, 0.25) is 0 Å². The van der Waals surface area contributed by atoms with Crippen LogP contribution in [0, 0.1) is 0 Å². The maximum atomic E-state index is 5.58. The second kappa shape index (κ2) is 4.73. The highest BCUT2D eigenvalue weighted by atomic mass is 16.5. The molecule has 1 unspecified atom stereocenters. The first-order chi connectivity index (χ1) is 5.38. The topological polar surface area (TPSA) is 12.5 Å². The standard InChI is InChI=1S/C9H19NO/c1-3-5-6-9-10(4-2)7-8-11-9/h9H,3-8H2,1-2H3. The maximum Gasteiger partial charge on any atom is 0.110 e. The fraction of sp³-hybridized carbons (Fsp3) is 1.00. The van der Waals surface area contributed by atoms with Crippen molar-refractivity contribution in [2.24, 2.45) is 0 Å². The number of hydrogen-bond acceptors (Lipinski definition) is 2. The normalized spacial score (nSPS) is 26.2. The van der Waals surface area contributed by atoms with Crippen LogP contribution in [-0.2, 0) is 4.74 Å². The van der Waals surface area contributed by atoms with Crippen LogP contribution in [0.3, 0.4) is 0 Å². The van der Waals surface area contributed by atoms with E-state index in [0.717, 1.165) is 19.7 Å². The molecule has 66 valence electrons. The summed E-state index contributed by atoms with van der Waals surface area (Å²) in [6.45, 7) is 7.63. The fourth-order valence-corrected chi connectivity index (χ4v) is 1.56. The molecule has 0 amide bonds. The molecular weight excluding hydrogens is 138 g/mol. The van der Waals surface area contributed by atoms with Gasteiger partial charge in [-0.05, 0) is 19.4 Å². The third-order valence-corrected chi connectivity index (χ3v) is 2.31. The second-order valence-electron chi connectivity index (χ2n) is 3.10. The minimum Gasteiger partial charge on any atom is -0.362 e. The van der Waals surface area contributed by atoms with Crippen molar-refractivity contribution in [1.29, 1.82) is 0 Å². The van der Waals surface area contributed by atoms with Gasteiger partial charge in [0, 0.05) is 6.54 Å². The maximum absolute atomic E-state index is 5.58. The van der Waals surface area contributed by atoms with Gasteiger partial charge in [-0.15, -0.1) is 0 Å². The Hall–Kier alpha value is -0.0800. The van der Waals surface area contributed by atoms with Crippen molar-refractivity contribution in [3.05, 3.63) is 0 Å². The van der Waals surface area contributed by atoms with Gasteiger partial charge in [-0.3, -0.25) is 4.90 Å². The van der Waals surface area contributed by atoms with Gasteiger partial charge in [0.05, 0.1) is 6.61 Å². The summed E-state index contributed by atoms with van der Waals surface area (Å²) in [6.07, 6.45) is 4.21. The van der Waals surface area contributed by atoms with Crippen LogP contribution in [0.4, 0.5) is 0 Å². The molecule has 0 spiro atoms. The Labute approximate surface area is 69.5 Å². The van der Waals surface area contributed by atoms with Crippen LogP contribution in [0.15, 0.2) is 0 Å². The van der Waals surface area contributed by atoms with E-state index in [4.69, 9.17) is 4.74 Å². The first kappa shape index (κ1) is 9.01. The summed E-state index contributed by atoms with van der Waals surface area (Å²) in [7, 11) is 0. The highest BCUT2D eigenvalue weighted by Gasteiger charge is 2.22. The average Bonchev–Trinajstić information content (AvgIpc) is 2.47. The lowest BCUT2D eigenvalue weighted by atomic mass is 10.2. The third kappa shape index (κ3) is 2.46. The van der Waals surface area contributed by atoms with E-state index in [-0.39, 0.29) is 0 Å². The molecule has 2 nitrogen and oxygen atoms in total. The summed E-state index contributed by atoms with van der Waals surface area (Å²) in [4.78, 5) is 2.41. The van der Waals surface area contributed by atoms with E-state index in [9.17, 15) is 0 Å². The molecule has 1 aliphatic heterocycles. The van der Waals surface area contributed by atoms with Crippen molar-refractivity contribution < 1.29 is 4.74 Å². The molecule has 1 fully saturated rings. The van der Waals surface area contributed by atoms with Gasteiger partial charge < -0.3 is 4.74 Å². The summed E-state index contributed by atoms with van der Waals surface area (Å²) in [6, 6.07) is 0. The number of likely N-dealkylation sites (N-methyl/N-ethyl adjacent to an activating group) is 1. The van der Waals surface area contributed by atoms with E-state index in [1.165, 1.54) is 19.3 Å². The predicted octanol–water partition coefficient (Wildman–Crippen LogP) is 1.85. The van der Waals surface area contributed by atoms with E-state index in [1.54, 1.807) is 0 Å². The molecule has 1 atom stereocenters. The van der Waals surface area contributed by atoms with Crippen LogP contribution in [0.25, 0.3) is 0 Å². The molecule has 1 rings (SSSR count). The second-order valence-corrected chi connectivity index (χ2v) is 3.10. The van der Waals surface area contributed by atoms with Crippen molar-refractivity contribution in [3.8, 4) is 0 Å². The van der Waals surface area contributed by atoms with Crippen LogP contribution >= 0.6 is 0 Å². The third-order valence-electron chi connectivity index (χ3n) is 2.31. The number of rotatable bonds is 4. The molecule has 0 aliphatic carbocycles.